The van der Waals surface area contributed by atoms with Crippen molar-refractivity contribution in [1.82, 2.24) is 9.78 Å². The molecule has 1 amide bonds. The summed E-state index contributed by atoms with van der Waals surface area (Å²) in [6.45, 7) is -2.88. The molecule has 0 aliphatic carbocycles. The number of methoxy groups -OCH3 is 1. The Kier molecular flexibility index (Phi) is 5.85. The van der Waals surface area contributed by atoms with Gasteiger partial charge in [-0.25, -0.2) is 13.1 Å². The van der Waals surface area contributed by atoms with Gasteiger partial charge in [0.15, 0.2) is 5.69 Å². The lowest BCUT2D eigenvalue weighted by Crippen LogP contribution is -2.14. The average Bonchev–Trinajstić information content (AvgIpc) is 3.19. The van der Waals surface area contributed by atoms with Crippen molar-refractivity contribution in [1.29, 1.82) is 0 Å². The standard InChI is InChI=1S/C18H14ClF2N3O4S/c1-28-13-8-12(22-17(25)16-6-7-24(23-16)18(20)21)9-15(10-13)29(26,27)14-4-2-11(19)3-5-14/h2-10,18H,1H3,(H,22,25). The second-order valence-corrected chi connectivity index (χ2v) is 8.15. The van der Waals surface area contributed by atoms with Gasteiger partial charge in [0.25, 0.3) is 5.91 Å². The second-order valence-electron chi connectivity index (χ2n) is 5.77. The SMILES string of the molecule is COc1cc(NC(=O)c2ccn(C(F)F)n2)cc(S(=O)(=O)c2ccc(Cl)cc2)c1. The van der Waals surface area contributed by atoms with E-state index in [1.165, 1.54) is 49.6 Å². The van der Waals surface area contributed by atoms with Crippen LogP contribution in [0.5, 0.6) is 5.75 Å². The van der Waals surface area contributed by atoms with Crippen LogP contribution in [0.3, 0.4) is 0 Å². The lowest BCUT2D eigenvalue weighted by Gasteiger charge is -2.11. The summed E-state index contributed by atoms with van der Waals surface area (Å²) in [4.78, 5) is 12.2. The summed E-state index contributed by atoms with van der Waals surface area (Å²) in [5, 5.41) is 6.28. The van der Waals surface area contributed by atoms with Crippen molar-refractivity contribution in [2.45, 2.75) is 16.3 Å². The molecule has 0 radical (unpaired) electrons. The molecule has 0 fully saturated rings. The van der Waals surface area contributed by atoms with Gasteiger partial charge in [0.2, 0.25) is 9.84 Å². The van der Waals surface area contributed by atoms with Crippen LogP contribution in [0.4, 0.5) is 14.5 Å². The van der Waals surface area contributed by atoms with E-state index < -0.39 is 22.3 Å². The van der Waals surface area contributed by atoms with Gasteiger partial charge >= 0.3 is 6.55 Å². The first-order valence-electron chi connectivity index (χ1n) is 8.05. The van der Waals surface area contributed by atoms with Crippen LogP contribution in [0.2, 0.25) is 5.02 Å². The topological polar surface area (TPSA) is 90.3 Å². The number of carbonyl (C=O) groups is 1. The maximum atomic E-state index is 12.9. The van der Waals surface area contributed by atoms with E-state index in [2.05, 4.69) is 10.4 Å². The number of anilines is 1. The molecule has 2 aromatic carbocycles. The second kappa shape index (κ2) is 8.18. The molecule has 0 saturated carbocycles. The molecule has 11 heteroatoms. The van der Waals surface area contributed by atoms with Gasteiger partial charge in [-0.1, -0.05) is 11.6 Å². The Labute approximate surface area is 169 Å². The van der Waals surface area contributed by atoms with Gasteiger partial charge in [-0.15, -0.1) is 0 Å². The van der Waals surface area contributed by atoms with Gasteiger partial charge in [0.05, 0.1) is 16.9 Å². The fourth-order valence-electron chi connectivity index (χ4n) is 2.43. The summed E-state index contributed by atoms with van der Waals surface area (Å²) < 4.78 is 56.5. The predicted octanol–water partition coefficient (Wildman–Crippen LogP) is 4.03. The Morgan fingerprint density at radius 1 is 1.14 bits per heavy atom. The molecule has 0 bridgehead atoms. The molecule has 152 valence electrons. The van der Waals surface area contributed by atoms with Crippen LogP contribution in [-0.2, 0) is 9.84 Å². The van der Waals surface area contributed by atoms with E-state index in [1.807, 2.05) is 0 Å². The van der Waals surface area contributed by atoms with Crippen molar-refractivity contribution >= 4 is 33.0 Å². The van der Waals surface area contributed by atoms with Crippen LogP contribution in [-0.4, -0.2) is 31.2 Å². The molecular formula is C18H14ClF2N3O4S. The smallest absolute Gasteiger partial charge is 0.333 e. The number of hydrogen-bond acceptors (Lipinski definition) is 5. The average molecular weight is 442 g/mol. The molecule has 0 aliphatic rings. The Balaban J connectivity index is 1.94. The molecule has 1 aromatic heterocycles. The quantitative estimate of drug-likeness (QED) is 0.623. The zero-order valence-electron chi connectivity index (χ0n) is 14.8. The van der Waals surface area contributed by atoms with Gasteiger partial charge in [0.1, 0.15) is 5.75 Å². The van der Waals surface area contributed by atoms with E-state index in [1.54, 1.807) is 0 Å². The molecule has 0 spiro atoms. The normalized spacial score (nSPS) is 11.5. The van der Waals surface area contributed by atoms with Crippen molar-refractivity contribution in [3.63, 3.8) is 0 Å². The summed E-state index contributed by atoms with van der Waals surface area (Å²) in [5.41, 5.74) is -0.163. The Morgan fingerprint density at radius 3 is 2.41 bits per heavy atom. The maximum Gasteiger partial charge on any atom is 0.333 e. The summed E-state index contributed by atoms with van der Waals surface area (Å²) in [6.07, 6.45) is 0.960. The summed E-state index contributed by atoms with van der Waals surface area (Å²) in [7, 11) is -2.59. The zero-order chi connectivity index (χ0) is 21.2. The lowest BCUT2D eigenvalue weighted by atomic mass is 10.3. The minimum Gasteiger partial charge on any atom is -0.497 e. The van der Waals surface area contributed by atoms with Gasteiger partial charge in [0, 0.05) is 23.0 Å². The van der Waals surface area contributed by atoms with E-state index in [9.17, 15) is 22.0 Å². The molecule has 29 heavy (non-hydrogen) atoms. The van der Waals surface area contributed by atoms with E-state index in [4.69, 9.17) is 16.3 Å². The zero-order valence-corrected chi connectivity index (χ0v) is 16.4. The number of aromatic nitrogens is 2. The molecule has 1 heterocycles. The number of sulfone groups is 1. The molecule has 3 rings (SSSR count). The molecule has 0 aliphatic heterocycles. The highest BCUT2D eigenvalue weighted by Gasteiger charge is 2.21. The molecule has 7 nitrogen and oxygen atoms in total. The Morgan fingerprint density at radius 2 is 1.83 bits per heavy atom. The molecular weight excluding hydrogens is 428 g/mol. The van der Waals surface area contributed by atoms with Crippen molar-refractivity contribution < 1.29 is 26.7 Å². The number of nitrogens with zero attached hydrogens (tertiary/aromatic N) is 2. The fourth-order valence-corrected chi connectivity index (χ4v) is 3.88. The summed E-state index contributed by atoms with van der Waals surface area (Å²) >= 11 is 5.80. The largest absolute Gasteiger partial charge is 0.497 e. The minimum absolute atomic E-state index is 0.00288. The minimum atomic E-state index is -3.93. The molecule has 0 saturated heterocycles. The van der Waals surface area contributed by atoms with E-state index in [0.29, 0.717) is 9.70 Å². The molecule has 3 aromatic rings. The van der Waals surface area contributed by atoms with Crippen LogP contribution in [0, 0.1) is 0 Å². The first-order chi connectivity index (χ1) is 13.7. The van der Waals surface area contributed by atoms with Gasteiger partial charge in [-0.2, -0.15) is 13.9 Å². The van der Waals surface area contributed by atoms with Gasteiger partial charge in [-0.3, -0.25) is 4.79 Å². The molecule has 0 unspecified atom stereocenters. The van der Waals surface area contributed by atoms with Crippen molar-refractivity contribution in [3.8, 4) is 5.75 Å². The monoisotopic (exact) mass is 441 g/mol. The number of carbonyl (C=O) groups excluding carboxylic acids is 1. The third kappa shape index (κ3) is 4.54. The first kappa shape index (κ1) is 20.7. The molecule has 1 N–H and O–H groups in total. The predicted molar refractivity (Wildman–Crippen MR) is 101 cm³/mol. The third-order valence-electron chi connectivity index (χ3n) is 3.85. The number of benzene rings is 2. The fraction of sp³-hybridized carbons (Fsp3) is 0.111. The highest BCUT2D eigenvalue weighted by Crippen LogP contribution is 2.29. The Bertz CT molecular complexity index is 1150. The summed E-state index contributed by atoms with van der Waals surface area (Å²) in [5.74, 6) is -0.610. The number of halogens is 3. The third-order valence-corrected chi connectivity index (χ3v) is 5.85. The van der Waals surface area contributed by atoms with Gasteiger partial charge in [-0.05, 0) is 42.5 Å². The number of amides is 1. The highest BCUT2D eigenvalue weighted by atomic mass is 35.5. The van der Waals surface area contributed by atoms with E-state index >= 15 is 0 Å². The van der Waals surface area contributed by atoms with Crippen LogP contribution in [0.1, 0.15) is 17.0 Å². The summed E-state index contributed by atoms with van der Waals surface area (Å²) in [6, 6.07) is 10.6. The van der Waals surface area contributed by atoms with Gasteiger partial charge < -0.3 is 10.1 Å². The van der Waals surface area contributed by atoms with E-state index in [0.717, 1.165) is 12.3 Å². The van der Waals surface area contributed by atoms with E-state index in [-0.39, 0.29) is 26.9 Å². The highest BCUT2D eigenvalue weighted by molar-refractivity contribution is 7.91. The van der Waals surface area contributed by atoms with Crippen molar-refractivity contribution in [3.05, 3.63) is 65.4 Å². The Hall–Kier alpha value is -2.98. The number of nitrogens with one attached hydrogen (secondary N) is 1. The number of ether oxygens (including phenoxy) is 1. The van der Waals surface area contributed by atoms with Crippen LogP contribution in [0.15, 0.2) is 64.5 Å². The van der Waals surface area contributed by atoms with Crippen LogP contribution >= 0.6 is 11.6 Å². The van der Waals surface area contributed by atoms with Crippen molar-refractivity contribution in [2.24, 2.45) is 0 Å². The molecule has 0 atom stereocenters. The number of rotatable bonds is 6. The van der Waals surface area contributed by atoms with Crippen molar-refractivity contribution in [2.75, 3.05) is 12.4 Å². The number of hydrogen-bond donors (Lipinski definition) is 1. The lowest BCUT2D eigenvalue weighted by molar-refractivity contribution is 0.0561. The maximum absolute atomic E-state index is 12.9. The number of alkyl halides is 2. The first-order valence-corrected chi connectivity index (χ1v) is 9.91. The van der Waals surface area contributed by atoms with Crippen LogP contribution < -0.4 is 10.1 Å². The van der Waals surface area contributed by atoms with Crippen LogP contribution in [0.25, 0.3) is 0 Å².